The Kier molecular flexibility index (Phi) is 3.30. The Morgan fingerprint density at radius 1 is 1.36 bits per heavy atom. The lowest BCUT2D eigenvalue weighted by Crippen LogP contribution is -2.14. The molecule has 1 amide bonds. The van der Waals surface area contributed by atoms with Crippen molar-refractivity contribution in [1.29, 1.82) is 5.26 Å². The average Bonchev–Trinajstić information content (AvgIpc) is 3.32. The Hall–Kier alpha value is -2.87. The zero-order valence-electron chi connectivity index (χ0n) is 12.3. The van der Waals surface area contributed by atoms with Gasteiger partial charge >= 0.3 is 0 Å². The van der Waals surface area contributed by atoms with Gasteiger partial charge < -0.3 is 11.1 Å². The summed E-state index contributed by atoms with van der Waals surface area (Å²) in [4.78, 5) is 16.6. The summed E-state index contributed by atoms with van der Waals surface area (Å²) < 4.78 is 0. The molecule has 5 heteroatoms. The van der Waals surface area contributed by atoms with Crippen LogP contribution < -0.4 is 11.1 Å². The fraction of sp³-hybridized carbons (Fsp3) is 0.235. The van der Waals surface area contributed by atoms with Crippen LogP contribution in [-0.4, -0.2) is 10.9 Å². The number of nitrogen functional groups attached to an aromatic ring is 1. The molecule has 0 saturated heterocycles. The number of nitrogens with zero attached hydrogens (tertiary/aromatic N) is 2. The Morgan fingerprint density at radius 2 is 2.14 bits per heavy atom. The smallest absolute Gasteiger partial charge is 0.255 e. The fourth-order valence-electron chi connectivity index (χ4n) is 2.31. The van der Waals surface area contributed by atoms with Crippen LogP contribution in [0, 0.1) is 18.3 Å². The number of aromatic nitrogens is 1. The number of nitrogens with two attached hydrogens (primary N) is 1. The van der Waals surface area contributed by atoms with Gasteiger partial charge in [-0.05, 0) is 49.6 Å². The maximum atomic E-state index is 12.3. The van der Waals surface area contributed by atoms with Gasteiger partial charge in [0.1, 0.15) is 0 Å². The van der Waals surface area contributed by atoms with E-state index in [-0.39, 0.29) is 5.91 Å². The van der Waals surface area contributed by atoms with E-state index in [1.54, 1.807) is 24.4 Å². The number of nitriles is 1. The Labute approximate surface area is 128 Å². The van der Waals surface area contributed by atoms with Crippen LogP contribution in [0.3, 0.4) is 0 Å². The molecule has 1 aliphatic carbocycles. The summed E-state index contributed by atoms with van der Waals surface area (Å²) in [5.74, 6) is -0.236. The van der Waals surface area contributed by atoms with E-state index in [1.807, 2.05) is 19.1 Å². The monoisotopic (exact) mass is 292 g/mol. The summed E-state index contributed by atoms with van der Waals surface area (Å²) in [6.07, 6.45) is 3.18. The van der Waals surface area contributed by atoms with E-state index in [0.717, 1.165) is 18.4 Å². The largest absolute Gasteiger partial charge is 0.398 e. The molecule has 3 rings (SSSR count). The molecular weight excluding hydrogens is 276 g/mol. The van der Waals surface area contributed by atoms with Crippen molar-refractivity contribution < 1.29 is 4.79 Å². The molecule has 0 atom stereocenters. The van der Waals surface area contributed by atoms with Crippen LogP contribution in [0.2, 0.25) is 0 Å². The first-order valence-electron chi connectivity index (χ1n) is 7.09. The van der Waals surface area contributed by atoms with Crippen LogP contribution in [0.25, 0.3) is 0 Å². The molecular formula is C17H16N4O. The Bertz CT molecular complexity index is 787. The van der Waals surface area contributed by atoms with Crippen molar-refractivity contribution in [3.8, 4) is 6.07 Å². The topological polar surface area (TPSA) is 91.8 Å². The number of rotatable bonds is 3. The molecule has 0 bridgehead atoms. The lowest BCUT2D eigenvalue weighted by atomic mass is 10.0. The molecule has 0 spiro atoms. The van der Waals surface area contributed by atoms with Crippen molar-refractivity contribution in [3.63, 3.8) is 0 Å². The minimum atomic E-state index is -0.495. The third kappa shape index (κ3) is 2.51. The first kappa shape index (κ1) is 14.1. The van der Waals surface area contributed by atoms with Crippen LogP contribution in [-0.2, 0) is 5.41 Å². The Morgan fingerprint density at radius 3 is 2.77 bits per heavy atom. The lowest BCUT2D eigenvalue weighted by Gasteiger charge is -2.09. The van der Waals surface area contributed by atoms with Crippen LogP contribution in [0.4, 0.5) is 11.4 Å². The third-order valence-electron chi connectivity index (χ3n) is 4.01. The van der Waals surface area contributed by atoms with E-state index in [1.165, 1.54) is 0 Å². The SMILES string of the molecule is Cc1ccc(NC(=O)c2ccnc(C3(C#N)CC3)c2)cc1N. The minimum absolute atomic E-state index is 0.236. The van der Waals surface area contributed by atoms with Gasteiger partial charge in [-0.25, -0.2) is 0 Å². The first-order chi connectivity index (χ1) is 10.5. The normalized spacial score (nSPS) is 14.9. The van der Waals surface area contributed by atoms with Gasteiger partial charge in [-0.15, -0.1) is 0 Å². The van der Waals surface area contributed by atoms with Gasteiger partial charge in [0.2, 0.25) is 0 Å². The highest BCUT2D eigenvalue weighted by atomic mass is 16.1. The van der Waals surface area contributed by atoms with E-state index >= 15 is 0 Å². The molecule has 22 heavy (non-hydrogen) atoms. The molecule has 1 saturated carbocycles. The highest BCUT2D eigenvalue weighted by Crippen LogP contribution is 2.46. The number of aryl methyl sites for hydroxylation is 1. The molecule has 110 valence electrons. The third-order valence-corrected chi connectivity index (χ3v) is 4.01. The van der Waals surface area contributed by atoms with Gasteiger partial charge in [-0.1, -0.05) is 6.07 Å². The molecule has 1 aliphatic rings. The van der Waals surface area contributed by atoms with Crippen molar-refractivity contribution >= 4 is 17.3 Å². The quantitative estimate of drug-likeness (QED) is 0.851. The molecule has 5 nitrogen and oxygen atoms in total. The second-order valence-electron chi connectivity index (χ2n) is 5.65. The number of nitrogens with one attached hydrogen (secondary N) is 1. The van der Waals surface area contributed by atoms with Crippen molar-refractivity contribution in [2.45, 2.75) is 25.2 Å². The molecule has 0 unspecified atom stereocenters. The molecule has 3 N–H and O–H groups in total. The standard InChI is InChI=1S/C17H16N4O/c1-11-2-3-13(9-14(11)19)21-16(22)12-4-7-20-15(8-12)17(10-18)5-6-17/h2-4,7-9H,5-6,19H2,1H3,(H,21,22). The summed E-state index contributed by atoms with van der Waals surface area (Å²) >= 11 is 0. The van der Waals surface area contributed by atoms with Gasteiger partial charge in [0.15, 0.2) is 0 Å². The molecule has 0 aliphatic heterocycles. The van der Waals surface area contributed by atoms with Crippen LogP contribution >= 0.6 is 0 Å². The molecule has 2 aromatic rings. The summed E-state index contributed by atoms with van der Waals surface area (Å²) in [6.45, 7) is 1.91. The number of pyridine rings is 1. The maximum Gasteiger partial charge on any atom is 0.255 e. The maximum absolute atomic E-state index is 12.3. The summed E-state index contributed by atoms with van der Waals surface area (Å²) in [7, 11) is 0. The fourth-order valence-corrected chi connectivity index (χ4v) is 2.31. The molecule has 1 aromatic heterocycles. The number of amides is 1. The van der Waals surface area contributed by atoms with E-state index in [4.69, 9.17) is 5.73 Å². The predicted octanol–water partition coefficient (Wildman–Crippen LogP) is 2.78. The second kappa shape index (κ2) is 5.15. The number of hydrogen-bond donors (Lipinski definition) is 2. The minimum Gasteiger partial charge on any atom is -0.398 e. The van der Waals surface area contributed by atoms with Crippen molar-refractivity contribution in [3.05, 3.63) is 53.3 Å². The summed E-state index contributed by atoms with van der Waals surface area (Å²) in [5.41, 5.74) is 8.76. The highest BCUT2D eigenvalue weighted by Gasteiger charge is 2.46. The van der Waals surface area contributed by atoms with Crippen LogP contribution in [0.1, 0.15) is 34.5 Å². The van der Waals surface area contributed by atoms with E-state index in [0.29, 0.717) is 22.6 Å². The van der Waals surface area contributed by atoms with Crippen molar-refractivity contribution in [2.24, 2.45) is 0 Å². The van der Waals surface area contributed by atoms with Gasteiger partial charge in [0, 0.05) is 23.1 Å². The van der Waals surface area contributed by atoms with Gasteiger partial charge in [0.05, 0.1) is 17.2 Å². The first-order valence-corrected chi connectivity index (χ1v) is 7.09. The van der Waals surface area contributed by atoms with Crippen molar-refractivity contribution in [2.75, 3.05) is 11.1 Å². The molecule has 0 radical (unpaired) electrons. The highest BCUT2D eigenvalue weighted by molar-refractivity contribution is 6.04. The van der Waals surface area contributed by atoms with Crippen LogP contribution in [0.5, 0.6) is 0 Å². The zero-order chi connectivity index (χ0) is 15.7. The average molecular weight is 292 g/mol. The summed E-state index contributed by atoms with van der Waals surface area (Å²) in [6, 6.07) is 11.0. The second-order valence-corrected chi connectivity index (χ2v) is 5.65. The number of anilines is 2. The lowest BCUT2D eigenvalue weighted by molar-refractivity contribution is 0.102. The summed E-state index contributed by atoms with van der Waals surface area (Å²) in [5, 5.41) is 12.0. The predicted molar refractivity (Wildman–Crippen MR) is 84.3 cm³/mol. The van der Waals surface area contributed by atoms with Gasteiger partial charge in [-0.3, -0.25) is 9.78 Å². The molecule has 1 aromatic carbocycles. The number of benzene rings is 1. The van der Waals surface area contributed by atoms with E-state index < -0.39 is 5.41 Å². The van der Waals surface area contributed by atoms with E-state index in [9.17, 15) is 10.1 Å². The molecule has 1 heterocycles. The number of carbonyl (C=O) groups excluding carboxylic acids is 1. The van der Waals surface area contributed by atoms with Crippen molar-refractivity contribution in [1.82, 2.24) is 4.98 Å². The number of hydrogen-bond acceptors (Lipinski definition) is 4. The van der Waals surface area contributed by atoms with Gasteiger partial charge in [0.25, 0.3) is 5.91 Å². The molecule has 1 fully saturated rings. The zero-order valence-corrected chi connectivity index (χ0v) is 12.3. The number of carbonyl (C=O) groups is 1. The van der Waals surface area contributed by atoms with E-state index in [2.05, 4.69) is 16.4 Å². The van der Waals surface area contributed by atoms with Gasteiger partial charge in [-0.2, -0.15) is 5.26 Å². The Balaban J connectivity index is 1.82. The van der Waals surface area contributed by atoms with Crippen LogP contribution in [0.15, 0.2) is 36.5 Å².